The summed E-state index contributed by atoms with van der Waals surface area (Å²) in [5.41, 5.74) is -0.468. The van der Waals surface area contributed by atoms with Gasteiger partial charge in [0.15, 0.2) is 5.78 Å². The molecular formula is C17H22N2O5. The molecule has 1 aliphatic heterocycles. The van der Waals surface area contributed by atoms with Crippen LogP contribution in [0.25, 0.3) is 6.08 Å². The van der Waals surface area contributed by atoms with E-state index < -0.39 is 17.6 Å². The molecule has 2 amide bonds. The molecule has 1 aromatic rings. The van der Waals surface area contributed by atoms with Crippen molar-refractivity contribution in [2.75, 3.05) is 18.0 Å². The molecule has 1 unspecified atom stereocenters. The molecule has 1 fully saturated rings. The molecule has 1 saturated heterocycles. The number of furan rings is 1. The van der Waals surface area contributed by atoms with Crippen molar-refractivity contribution in [3.8, 4) is 0 Å². The Morgan fingerprint density at radius 2 is 1.96 bits per heavy atom. The summed E-state index contributed by atoms with van der Waals surface area (Å²) < 4.78 is 5.60. The van der Waals surface area contributed by atoms with Crippen LogP contribution in [-0.2, 0) is 9.59 Å². The lowest BCUT2D eigenvalue weighted by Crippen LogP contribution is -2.57. The van der Waals surface area contributed by atoms with Gasteiger partial charge < -0.3 is 9.52 Å². The number of carboxylic acid groups (broad SMARTS) is 1. The number of rotatable bonds is 3. The maximum atomic E-state index is 12.3. The van der Waals surface area contributed by atoms with Crippen molar-refractivity contribution in [1.82, 2.24) is 4.90 Å². The second kappa shape index (κ2) is 6.51. The Morgan fingerprint density at radius 3 is 2.54 bits per heavy atom. The predicted molar refractivity (Wildman–Crippen MR) is 88.7 cm³/mol. The van der Waals surface area contributed by atoms with E-state index in [1.807, 2.05) is 20.8 Å². The van der Waals surface area contributed by atoms with Crippen LogP contribution in [0.4, 0.5) is 10.7 Å². The van der Waals surface area contributed by atoms with Gasteiger partial charge in [0.25, 0.3) is 5.91 Å². The van der Waals surface area contributed by atoms with Crippen LogP contribution in [0.1, 0.15) is 33.5 Å². The van der Waals surface area contributed by atoms with E-state index in [4.69, 9.17) is 9.52 Å². The number of nitrogens with zero attached hydrogens (tertiary/aromatic N) is 2. The van der Waals surface area contributed by atoms with Gasteiger partial charge in [0, 0.05) is 24.6 Å². The summed E-state index contributed by atoms with van der Waals surface area (Å²) in [5, 5.41) is 9.07. The Kier molecular flexibility index (Phi) is 4.82. The molecule has 0 spiro atoms. The molecule has 0 saturated carbocycles. The highest BCUT2D eigenvalue weighted by Gasteiger charge is 2.36. The summed E-state index contributed by atoms with van der Waals surface area (Å²) in [4.78, 5) is 37.8. The monoisotopic (exact) mass is 334 g/mol. The highest BCUT2D eigenvalue weighted by molar-refractivity contribution is 5.99. The van der Waals surface area contributed by atoms with E-state index in [-0.39, 0.29) is 24.8 Å². The molecule has 2 heterocycles. The molecule has 0 bridgehead atoms. The number of carbonyl (C=O) groups excluding carboxylic acids is 2. The molecule has 2 rings (SSSR count). The van der Waals surface area contributed by atoms with Crippen LogP contribution in [0, 0.1) is 5.41 Å². The zero-order valence-electron chi connectivity index (χ0n) is 14.3. The number of amides is 2. The molecule has 1 aliphatic rings. The van der Waals surface area contributed by atoms with E-state index in [1.165, 1.54) is 11.0 Å². The fourth-order valence-electron chi connectivity index (χ4n) is 2.34. The van der Waals surface area contributed by atoms with Crippen molar-refractivity contribution < 1.29 is 23.9 Å². The van der Waals surface area contributed by atoms with Crippen LogP contribution < -0.4 is 4.90 Å². The van der Waals surface area contributed by atoms with Gasteiger partial charge in [-0.2, -0.15) is 0 Å². The summed E-state index contributed by atoms with van der Waals surface area (Å²) in [5.74, 6) is 0.447. The Bertz CT molecular complexity index is 683. The first-order chi connectivity index (χ1) is 11.1. The zero-order valence-corrected chi connectivity index (χ0v) is 14.3. The largest absolute Gasteiger partial charge is 0.465 e. The van der Waals surface area contributed by atoms with Gasteiger partial charge in [0.2, 0.25) is 5.88 Å². The fourth-order valence-corrected chi connectivity index (χ4v) is 2.34. The molecule has 24 heavy (non-hydrogen) atoms. The minimum absolute atomic E-state index is 0.0276. The normalized spacial score (nSPS) is 19.2. The quantitative estimate of drug-likeness (QED) is 0.858. The molecule has 1 aromatic heterocycles. The van der Waals surface area contributed by atoms with E-state index in [9.17, 15) is 14.4 Å². The highest BCUT2D eigenvalue weighted by Crippen LogP contribution is 2.24. The first-order valence-corrected chi connectivity index (χ1v) is 7.74. The number of allylic oxidation sites excluding steroid dienone is 1. The lowest BCUT2D eigenvalue weighted by atomic mass is 9.90. The Labute approximate surface area is 140 Å². The summed E-state index contributed by atoms with van der Waals surface area (Å²) in [7, 11) is 0. The van der Waals surface area contributed by atoms with E-state index >= 15 is 0 Å². The van der Waals surface area contributed by atoms with Gasteiger partial charge in [0.1, 0.15) is 11.8 Å². The number of ketones is 1. The summed E-state index contributed by atoms with van der Waals surface area (Å²) in [6, 6.07) is 2.55. The third-order valence-corrected chi connectivity index (χ3v) is 3.92. The first-order valence-electron chi connectivity index (χ1n) is 7.74. The number of hydrogen-bond acceptors (Lipinski definition) is 4. The molecular weight excluding hydrogens is 312 g/mol. The summed E-state index contributed by atoms with van der Waals surface area (Å²) in [6.45, 7) is 7.48. The lowest BCUT2D eigenvalue weighted by Gasteiger charge is -2.36. The second-order valence-electron chi connectivity index (χ2n) is 6.77. The number of anilines is 1. The topological polar surface area (TPSA) is 91.1 Å². The Hall–Kier alpha value is -2.57. The van der Waals surface area contributed by atoms with Gasteiger partial charge in [0.05, 0.1) is 0 Å². The van der Waals surface area contributed by atoms with Crippen molar-refractivity contribution in [2.45, 2.75) is 33.7 Å². The minimum Gasteiger partial charge on any atom is -0.465 e. The molecule has 7 nitrogen and oxygen atoms in total. The average molecular weight is 334 g/mol. The van der Waals surface area contributed by atoms with Crippen LogP contribution in [0.2, 0.25) is 0 Å². The van der Waals surface area contributed by atoms with Crippen molar-refractivity contribution in [3.05, 3.63) is 24.0 Å². The van der Waals surface area contributed by atoms with Crippen LogP contribution in [-0.4, -0.2) is 46.9 Å². The van der Waals surface area contributed by atoms with Crippen molar-refractivity contribution >= 4 is 29.7 Å². The minimum atomic E-state index is -1.11. The van der Waals surface area contributed by atoms with Crippen LogP contribution in [0.5, 0.6) is 0 Å². The summed E-state index contributed by atoms with van der Waals surface area (Å²) >= 11 is 0. The highest BCUT2D eigenvalue weighted by atomic mass is 16.4. The number of carbonyl (C=O) groups is 3. The maximum Gasteiger partial charge on any atom is 0.408 e. The third-order valence-electron chi connectivity index (χ3n) is 3.92. The van der Waals surface area contributed by atoms with E-state index in [0.29, 0.717) is 11.6 Å². The molecule has 0 radical (unpaired) electrons. The average Bonchev–Trinajstić information content (AvgIpc) is 2.94. The SMILES string of the molecule is CC1C(=O)N(c2ccc(C=CC(=O)C(C)(C)C)o2)CCN1C(=O)O. The zero-order chi connectivity index (χ0) is 18.1. The van der Waals surface area contributed by atoms with Gasteiger partial charge in [-0.15, -0.1) is 0 Å². The molecule has 130 valence electrons. The molecule has 0 aliphatic carbocycles. The third kappa shape index (κ3) is 3.67. The number of hydrogen-bond donors (Lipinski definition) is 1. The van der Waals surface area contributed by atoms with Gasteiger partial charge >= 0.3 is 6.09 Å². The maximum absolute atomic E-state index is 12.3. The van der Waals surface area contributed by atoms with Crippen LogP contribution >= 0.6 is 0 Å². The summed E-state index contributed by atoms with van der Waals surface area (Å²) in [6.07, 6.45) is 1.91. The first kappa shape index (κ1) is 17.8. The van der Waals surface area contributed by atoms with E-state index in [1.54, 1.807) is 25.1 Å². The van der Waals surface area contributed by atoms with Gasteiger partial charge in [-0.25, -0.2) is 4.79 Å². The van der Waals surface area contributed by atoms with Crippen LogP contribution in [0.3, 0.4) is 0 Å². The van der Waals surface area contributed by atoms with Crippen molar-refractivity contribution in [2.24, 2.45) is 5.41 Å². The second-order valence-corrected chi connectivity index (χ2v) is 6.77. The predicted octanol–water partition coefficient (Wildman–Crippen LogP) is 2.62. The number of piperazine rings is 1. The molecule has 1 N–H and O–H groups in total. The van der Waals surface area contributed by atoms with Gasteiger partial charge in [-0.1, -0.05) is 20.8 Å². The standard InChI is InChI=1S/C17H22N2O5/c1-11-15(21)19(10-9-18(11)16(22)23)14-8-6-12(24-14)5-7-13(20)17(2,3)4/h5-8,11H,9-10H2,1-4H3,(H,22,23). The van der Waals surface area contributed by atoms with Crippen molar-refractivity contribution in [1.29, 1.82) is 0 Å². The van der Waals surface area contributed by atoms with Gasteiger partial charge in [-0.3, -0.25) is 19.4 Å². The molecule has 0 aromatic carbocycles. The fraction of sp³-hybridized carbons (Fsp3) is 0.471. The van der Waals surface area contributed by atoms with Crippen LogP contribution in [0.15, 0.2) is 22.6 Å². The van der Waals surface area contributed by atoms with Gasteiger partial charge in [-0.05, 0) is 25.1 Å². The van der Waals surface area contributed by atoms with E-state index in [2.05, 4.69) is 0 Å². The Morgan fingerprint density at radius 1 is 1.29 bits per heavy atom. The van der Waals surface area contributed by atoms with E-state index in [0.717, 1.165) is 4.90 Å². The molecule has 1 atom stereocenters. The lowest BCUT2D eigenvalue weighted by molar-refractivity contribution is -0.124. The Balaban J connectivity index is 2.11. The smallest absolute Gasteiger partial charge is 0.408 e. The van der Waals surface area contributed by atoms with Crippen molar-refractivity contribution in [3.63, 3.8) is 0 Å². The molecule has 7 heteroatoms.